The molecule has 0 aliphatic heterocycles. The van der Waals surface area contributed by atoms with E-state index in [1.54, 1.807) is 13.1 Å². The average molecular weight is 513 g/mol. The van der Waals surface area contributed by atoms with E-state index in [2.05, 4.69) is 38.8 Å². The summed E-state index contributed by atoms with van der Waals surface area (Å²) in [4.78, 5) is 38.5. The Labute approximate surface area is 220 Å². The van der Waals surface area contributed by atoms with E-state index >= 15 is 0 Å². The minimum Gasteiger partial charge on any atom is -0.478 e. The lowest BCUT2D eigenvalue weighted by molar-refractivity contribution is -0.133. The predicted octanol–water partition coefficient (Wildman–Crippen LogP) is 3.75. The summed E-state index contributed by atoms with van der Waals surface area (Å²) in [6.45, 7) is 15.0. The summed E-state index contributed by atoms with van der Waals surface area (Å²) in [5.41, 5.74) is 1.08. The zero-order valence-corrected chi connectivity index (χ0v) is 23.9. The largest absolute Gasteiger partial charge is 0.478 e. The van der Waals surface area contributed by atoms with Gasteiger partial charge in [-0.25, -0.2) is 4.79 Å². The number of benzene rings is 1. The van der Waals surface area contributed by atoms with E-state index in [0.717, 1.165) is 16.5 Å². The lowest BCUT2D eigenvalue weighted by Crippen LogP contribution is -2.61. The van der Waals surface area contributed by atoms with Gasteiger partial charge in [-0.2, -0.15) is 0 Å². The number of aryl methyl sites for hydroxylation is 1. The van der Waals surface area contributed by atoms with Crippen LogP contribution in [0.3, 0.4) is 0 Å². The van der Waals surface area contributed by atoms with Crippen LogP contribution in [0.25, 0.3) is 10.9 Å². The highest BCUT2D eigenvalue weighted by atomic mass is 16.4. The molecule has 1 aromatic heterocycles. The maximum Gasteiger partial charge on any atom is 0.331 e. The third-order valence-electron chi connectivity index (χ3n) is 7.07. The van der Waals surface area contributed by atoms with Gasteiger partial charge in [0.25, 0.3) is 0 Å². The summed E-state index contributed by atoms with van der Waals surface area (Å²) in [6, 6.07) is 6.14. The Bertz CT molecular complexity index is 1170. The van der Waals surface area contributed by atoms with Crippen LogP contribution in [0.1, 0.15) is 61.0 Å². The first-order chi connectivity index (χ1) is 17.0. The normalized spacial score (nSPS) is 15.4. The number of carbonyl (C=O) groups excluding carboxylic acids is 2. The molecule has 0 aliphatic rings. The molecule has 3 atom stereocenters. The Hall–Kier alpha value is -3.13. The highest BCUT2D eigenvalue weighted by Crippen LogP contribution is 2.34. The van der Waals surface area contributed by atoms with Crippen molar-refractivity contribution in [3.05, 3.63) is 47.7 Å². The first-order valence-electron chi connectivity index (χ1n) is 12.8. The maximum atomic E-state index is 13.7. The Kier molecular flexibility index (Phi) is 9.36. The van der Waals surface area contributed by atoms with Gasteiger partial charge in [0, 0.05) is 35.1 Å². The van der Waals surface area contributed by atoms with E-state index in [1.165, 1.54) is 6.92 Å². The Morgan fingerprint density at radius 2 is 1.54 bits per heavy atom. The molecular weight excluding hydrogens is 468 g/mol. The van der Waals surface area contributed by atoms with E-state index in [-0.39, 0.29) is 23.3 Å². The van der Waals surface area contributed by atoms with Crippen LogP contribution >= 0.6 is 0 Å². The molecule has 0 fully saturated rings. The SMILES string of the molecule is CNC(C(=O)N[C@H](C(=O)N[C@H](/C=C(\C)C(=O)O)C(C)C)C(C)(C)C)C(C)(C)c1cn(C)c2ccccc12. The predicted molar refractivity (Wildman–Crippen MR) is 148 cm³/mol. The summed E-state index contributed by atoms with van der Waals surface area (Å²) in [6.07, 6.45) is 3.60. The quantitative estimate of drug-likeness (QED) is 0.362. The molecule has 8 nitrogen and oxygen atoms in total. The van der Waals surface area contributed by atoms with Crippen molar-refractivity contribution in [2.75, 3.05) is 7.05 Å². The minimum atomic E-state index is -1.03. The Morgan fingerprint density at radius 1 is 0.973 bits per heavy atom. The standard InChI is InChI=1S/C29H44N4O4/c1-17(2)21(15-18(3)27(36)37)31-25(34)23(28(4,5)6)32-26(35)24(30-9)29(7,8)20-16-33(10)22-14-12-11-13-19(20)22/h11-17,21,23-24,30H,1-10H3,(H,31,34)(H,32,35)(H,36,37)/b18-15+/t21-,23-,24?/m1/s1. The number of para-hydroxylation sites is 1. The molecule has 0 spiro atoms. The number of likely N-dealkylation sites (N-methyl/N-ethyl adjacent to an activating group) is 1. The van der Waals surface area contributed by atoms with Crippen molar-refractivity contribution in [3.8, 4) is 0 Å². The lowest BCUT2D eigenvalue weighted by Gasteiger charge is -2.37. The summed E-state index contributed by atoms with van der Waals surface area (Å²) >= 11 is 0. The fraction of sp³-hybridized carbons (Fsp3) is 0.552. The van der Waals surface area contributed by atoms with Crippen LogP contribution in [0.4, 0.5) is 0 Å². The van der Waals surface area contributed by atoms with Gasteiger partial charge in [0.15, 0.2) is 0 Å². The van der Waals surface area contributed by atoms with Crippen LogP contribution < -0.4 is 16.0 Å². The van der Waals surface area contributed by atoms with E-state index < -0.39 is 34.9 Å². The van der Waals surface area contributed by atoms with Crippen molar-refractivity contribution >= 4 is 28.7 Å². The van der Waals surface area contributed by atoms with Gasteiger partial charge in [0.05, 0.1) is 12.1 Å². The van der Waals surface area contributed by atoms with Gasteiger partial charge in [-0.1, -0.05) is 72.7 Å². The number of hydrogen-bond donors (Lipinski definition) is 4. The summed E-state index contributed by atoms with van der Waals surface area (Å²) in [5.74, 6) is -1.71. The number of carboxylic acids is 1. The molecule has 1 aromatic carbocycles. The maximum absolute atomic E-state index is 13.7. The van der Waals surface area contributed by atoms with Crippen molar-refractivity contribution in [2.45, 2.75) is 78.9 Å². The second-order valence-corrected chi connectivity index (χ2v) is 11.9. The van der Waals surface area contributed by atoms with E-state index in [9.17, 15) is 19.5 Å². The van der Waals surface area contributed by atoms with Gasteiger partial charge in [0.2, 0.25) is 11.8 Å². The van der Waals surface area contributed by atoms with Crippen LogP contribution in [-0.2, 0) is 26.8 Å². The summed E-state index contributed by atoms with van der Waals surface area (Å²) in [7, 11) is 3.74. The molecule has 1 heterocycles. The van der Waals surface area contributed by atoms with Crippen LogP contribution in [0, 0.1) is 11.3 Å². The number of nitrogens with zero attached hydrogens (tertiary/aromatic N) is 1. The molecule has 1 unspecified atom stereocenters. The van der Waals surface area contributed by atoms with Gasteiger partial charge >= 0.3 is 5.97 Å². The molecule has 2 rings (SSSR count). The highest BCUT2D eigenvalue weighted by Gasteiger charge is 2.41. The van der Waals surface area contributed by atoms with Gasteiger partial charge < -0.3 is 25.6 Å². The smallest absolute Gasteiger partial charge is 0.331 e. The number of carboxylic acid groups (broad SMARTS) is 1. The third-order valence-corrected chi connectivity index (χ3v) is 7.07. The number of nitrogens with one attached hydrogen (secondary N) is 3. The van der Waals surface area contributed by atoms with Crippen molar-refractivity contribution in [1.82, 2.24) is 20.5 Å². The molecule has 0 aliphatic carbocycles. The number of aromatic nitrogens is 1. The molecule has 0 saturated heterocycles. The first kappa shape index (κ1) is 30.1. The molecule has 0 bridgehead atoms. The summed E-state index contributed by atoms with van der Waals surface area (Å²) < 4.78 is 2.06. The van der Waals surface area contributed by atoms with Gasteiger partial charge in [0.1, 0.15) is 6.04 Å². The fourth-order valence-corrected chi connectivity index (χ4v) is 4.72. The van der Waals surface area contributed by atoms with Crippen molar-refractivity contribution < 1.29 is 19.5 Å². The minimum absolute atomic E-state index is 0.0371. The molecule has 2 aromatic rings. The third kappa shape index (κ3) is 6.80. The lowest BCUT2D eigenvalue weighted by atomic mass is 9.76. The molecule has 204 valence electrons. The molecule has 37 heavy (non-hydrogen) atoms. The Morgan fingerprint density at radius 3 is 2.05 bits per heavy atom. The molecule has 0 saturated carbocycles. The second-order valence-electron chi connectivity index (χ2n) is 11.9. The zero-order valence-electron chi connectivity index (χ0n) is 23.9. The zero-order chi connectivity index (χ0) is 28.3. The van der Waals surface area contributed by atoms with Crippen LogP contribution in [0.15, 0.2) is 42.1 Å². The van der Waals surface area contributed by atoms with Gasteiger partial charge in [-0.05, 0) is 36.9 Å². The monoisotopic (exact) mass is 512 g/mol. The van der Waals surface area contributed by atoms with E-state index in [1.807, 2.05) is 67.6 Å². The van der Waals surface area contributed by atoms with Gasteiger partial charge in [-0.3, -0.25) is 9.59 Å². The van der Waals surface area contributed by atoms with E-state index in [0.29, 0.717) is 0 Å². The second kappa shape index (κ2) is 11.5. The highest BCUT2D eigenvalue weighted by molar-refractivity contribution is 5.93. The van der Waals surface area contributed by atoms with Crippen molar-refractivity contribution in [1.29, 1.82) is 0 Å². The Balaban J connectivity index is 2.37. The number of amides is 2. The van der Waals surface area contributed by atoms with Crippen LogP contribution in [-0.4, -0.2) is 52.6 Å². The van der Waals surface area contributed by atoms with Crippen LogP contribution in [0.2, 0.25) is 0 Å². The first-order valence-corrected chi connectivity index (χ1v) is 12.8. The van der Waals surface area contributed by atoms with Crippen molar-refractivity contribution in [3.63, 3.8) is 0 Å². The molecule has 8 heteroatoms. The van der Waals surface area contributed by atoms with Crippen molar-refractivity contribution in [2.24, 2.45) is 18.4 Å². The van der Waals surface area contributed by atoms with E-state index in [4.69, 9.17) is 0 Å². The number of carbonyl (C=O) groups is 3. The summed E-state index contributed by atoms with van der Waals surface area (Å²) in [5, 5.41) is 19.5. The fourth-order valence-electron chi connectivity index (χ4n) is 4.72. The number of aliphatic carboxylic acids is 1. The molecular formula is C29H44N4O4. The number of fused-ring (bicyclic) bond motifs is 1. The topological polar surface area (TPSA) is 112 Å². The molecule has 0 radical (unpaired) electrons. The number of hydrogen-bond acceptors (Lipinski definition) is 4. The number of rotatable bonds is 10. The van der Waals surface area contributed by atoms with Gasteiger partial charge in [-0.15, -0.1) is 0 Å². The van der Waals surface area contributed by atoms with Crippen LogP contribution in [0.5, 0.6) is 0 Å². The average Bonchev–Trinajstić information content (AvgIpc) is 3.13. The molecule has 2 amide bonds. The molecule has 4 N–H and O–H groups in total.